The molecule has 0 fully saturated rings. The van der Waals surface area contributed by atoms with Gasteiger partial charge in [-0.1, -0.05) is 0 Å². The number of hydrogen-bond acceptors (Lipinski definition) is 3. The minimum atomic E-state index is -0.287. The van der Waals surface area contributed by atoms with E-state index in [1.54, 1.807) is 6.92 Å². The number of aryl methyl sites for hydroxylation is 1. The number of aliphatic hydroxyl groups is 1. The first-order valence-corrected chi connectivity index (χ1v) is 5.99. The molecular weight excluding hydrogens is 210 g/mol. The van der Waals surface area contributed by atoms with Gasteiger partial charge in [0.05, 0.1) is 11.0 Å². The molecule has 15 heavy (non-hydrogen) atoms. The minimum Gasteiger partial charge on any atom is -0.393 e. The van der Waals surface area contributed by atoms with Gasteiger partial charge < -0.3 is 10.4 Å². The van der Waals surface area contributed by atoms with Crippen molar-refractivity contribution in [1.29, 1.82) is 0 Å². The molecule has 0 saturated heterocycles. The fourth-order valence-corrected chi connectivity index (χ4v) is 2.13. The smallest absolute Gasteiger partial charge is 0.261 e. The fourth-order valence-electron chi connectivity index (χ4n) is 1.29. The summed E-state index contributed by atoms with van der Waals surface area (Å²) in [6.45, 7) is 4.31. The van der Waals surface area contributed by atoms with E-state index < -0.39 is 0 Å². The van der Waals surface area contributed by atoms with Crippen LogP contribution in [-0.4, -0.2) is 23.7 Å². The predicted octanol–water partition coefficient (Wildman–Crippen LogP) is 1.95. The molecule has 1 aromatic heterocycles. The van der Waals surface area contributed by atoms with Crippen LogP contribution in [0.2, 0.25) is 0 Å². The zero-order chi connectivity index (χ0) is 11.3. The van der Waals surface area contributed by atoms with Gasteiger partial charge >= 0.3 is 0 Å². The van der Waals surface area contributed by atoms with Crippen molar-refractivity contribution in [2.75, 3.05) is 6.54 Å². The lowest BCUT2D eigenvalue weighted by Crippen LogP contribution is -2.24. The molecular formula is C11H17NO2S. The minimum absolute atomic E-state index is 0.00640. The number of hydrogen-bond donors (Lipinski definition) is 2. The van der Waals surface area contributed by atoms with Crippen LogP contribution in [0, 0.1) is 6.92 Å². The van der Waals surface area contributed by atoms with Gasteiger partial charge in [0.15, 0.2) is 0 Å². The van der Waals surface area contributed by atoms with Crippen LogP contribution in [0.3, 0.4) is 0 Å². The number of nitrogens with one attached hydrogen (secondary N) is 1. The second kappa shape index (κ2) is 5.88. The second-order valence-corrected chi connectivity index (χ2v) is 4.60. The highest BCUT2D eigenvalue weighted by atomic mass is 32.1. The van der Waals surface area contributed by atoms with Crippen molar-refractivity contribution >= 4 is 17.2 Å². The Labute approximate surface area is 94.1 Å². The number of aliphatic hydroxyl groups excluding tert-OH is 1. The summed E-state index contributed by atoms with van der Waals surface area (Å²) in [7, 11) is 0. The van der Waals surface area contributed by atoms with E-state index in [-0.39, 0.29) is 12.0 Å². The van der Waals surface area contributed by atoms with Gasteiger partial charge in [-0.2, -0.15) is 0 Å². The first kappa shape index (κ1) is 12.2. The van der Waals surface area contributed by atoms with Crippen molar-refractivity contribution in [3.05, 3.63) is 21.9 Å². The zero-order valence-corrected chi connectivity index (χ0v) is 9.93. The zero-order valence-electron chi connectivity index (χ0n) is 9.12. The van der Waals surface area contributed by atoms with Crippen molar-refractivity contribution in [3.8, 4) is 0 Å². The van der Waals surface area contributed by atoms with E-state index in [2.05, 4.69) is 5.32 Å². The molecule has 2 N–H and O–H groups in total. The Morgan fingerprint density at radius 3 is 2.93 bits per heavy atom. The fraction of sp³-hybridized carbons (Fsp3) is 0.545. The molecule has 1 amide bonds. The van der Waals surface area contributed by atoms with Crippen LogP contribution in [0.1, 0.15) is 35.0 Å². The van der Waals surface area contributed by atoms with Crippen LogP contribution in [0.4, 0.5) is 0 Å². The third-order valence-electron chi connectivity index (χ3n) is 2.15. The second-order valence-electron chi connectivity index (χ2n) is 3.68. The molecule has 84 valence electrons. The Morgan fingerprint density at radius 2 is 2.40 bits per heavy atom. The highest BCUT2D eigenvalue weighted by Crippen LogP contribution is 2.14. The van der Waals surface area contributed by atoms with E-state index in [1.807, 2.05) is 18.4 Å². The lowest BCUT2D eigenvalue weighted by Gasteiger charge is -2.05. The Hall–Kier alpha value is -0.870. The van der Waals surface area contributed by atoms with E-state index in [1.165, 1.54) is 11.3 Å². The van der Waals surface area contributed by atoms with Crippen LogP contribution < -0.4 is 5.32 Å². The molecule has 0 bridgehead atoms. The van der Waals surface area contributed by atoms with Crippen molar-refractivity contribution in [3.63, 3.8) is 0 Å². The SMILES string of the molecule is Cc1ccsc1C(=O)NCCCC(C)O. The maximum Gasteiger partial charge on any atom is 0.261 e. The summed E-state index contributed by atoms with van der Waals surface area (Å²) < 4.78 is 0. The summed E-state index contributed by atoms with van der Waals surface area (Å²) in [6, 6.07) is 1.94. The standard InChI is InChI=1S/C11H17NO2S/c1-8-5-7-15-10(8)11(14)12-6-3-4-9(2)13/h5,7,9,13H,3-4,6H2,1-2H3,(H,12,14). The monoisotopic (exact) mass is 227 g/mol. The third kappa shape index (κ3) is 4.01. The molecule has 1 rings (SSSR count). The molecule has 3 nitrogen and oxygen atoms in total. The van der Waals surface area contributed by atoms with Crippen LogP contribution in [0.15, 0.2) is 11.4 Å². The molecule has 0 spiro atoms. The van der Waals surface area contributed by atoms with Gasteiger partial charge in [-0.3, -0.25) is 4.79 Å². The summed E-state index contributed by atoms with van der Waals surface area (Å²) in [5.41, 5.74) is 1.02. The largest absolute Gasteiger partial charge is 0.393 e. The first-order valence-electron chi connectivity index (χ1n) is 5.11. The van der Waals surface area contributed by atoms with Gasteiger partial charge in [-0.05, 0) is 43.7 Å². The molecule has 1 atom stereocenters. The topological polar surface area (TPSA) is 49.3 Å². The van der Waals surface area contributed by atoms with Gasteiger partial charge in [0, 0.05) is 6.54 Å². The summed E-state index contributed by atoms with van der Waals surface area (Å²) in [5, 5.41) is 13.8. The van der Waals surface area contributed by atoms with E-state index in [4.69, 9.17) is 5.11 Å². The molecule has 0 saturated carbocycles. The molecule has 0 aliphatic rings. The van der Waals surface area contributed by atoms with Crippen molar-refractivity contribution < 1.29 is 9.90 Å². The number of rotatable bonds is 5. The number of carbonyl (C=O) groups is 1. The summed E-state index contributed by atoms with van der Waals surface area (Å²) in [4.78, 5) is 12.4. The molecule has 1 heterocycles. The molecule has 0 aliphatic carbocycles. The van der Waals surface area contributed by atoms with Gasteiger partial charge in [0.1, 0.15) is 0 Å². The van der Waals surface area contributed by atoms with Crippen molar-refractivity contribution in [1.82, 2.24) is 5.32 Å². The normalized spacial score (nSPS) is 12.5. The Balaban J connectivity index is 2.28. The predicted molar refractivity (Wildman–Crippen MR) is 62.3 cm³/mol. The molecule has 0 radical (unpaired) electrons. The first-order chi connectivity index (χ1) is 7.11. The molecule has 0 aromatic carbocycles. The van der Waals surface area contributed by atoms with Gasteiger partial charge in [-0.15, -0.1) is 11.3 Å². The van der Waals surface area contributed by atoms with E-state index in [0.717, 1.165) is 23.3 Å². The Kier molecular flexibility index (Phi) is 4.78. The maximum absolute atomic E-state index is 11.6. The lowest BCUT2D eigenvalue weighted by molar-refractivity contribution is 0.0953. The van der Waals surface area contributed by atoms with Crippen LogP contribution in [0.25, 0.3) is 0 Å². The average molecular weight is 227 g/mol. The average Bonchev–Trinajstić information content (AvgIpc) is 2.58. The highest BCUT2D eigenvalue weighted by molar-refractivity contribution is 7.12. The van der Waals surface area contributed by atoms with Crippen LogP contribution in [-0.2, 0) is 0 Å². The van der Waals surface area contributed by atoms with E-state index in [9.17, 15) is 4.79 Å². The third-order valence-corrected chi connectivity index (χ3v) is 3.17. The number of carbonyl (C=O) groups excluding carboxylic acids is 1. The van der Waals surface area contributed by atoms with Gasteiger partial charge in [-0.25, -0.2) is 0 Å². The summed E-state index contributed by atoms with van der Waals surface area (Å²) in [5.74, 6) is -0.00640. The van der Waals surface area contributed by atoms with Crippen molar-refractivity contribution in [2.24, 2.45) is 0 Å². The van der Waals surface area contributed by atoms with E-state index >= 15 is 0 Å². The molecule has 4 heteroatoms. The summed E-state index contributed by atoms with van der Waals surface area (Å²) >= 11 is 1.46. The Bertz CT molecular complexity index is 320. The number of amides is 1. The van der Waals surface area contributed by atoms with Crippen molar-refractivity contribution in [2.45, 2.75) is 32.8 Å². The molecule has 1 aromatic rings. The van der Waals surface area contributed by atoms with Crippen LogP contribution >= 0.6 is 11.3 Å². The van der Waals surface area contributed by atoms with E-state index in [0.29, 0.717) is 6.54 Å². The van der Waals surface area contributed by atoms with Crippen LogP contribution in [0.5, 0.6) is 0 Å². The van der Waals surface area contributed by atoms with Gasteiger partial charge in [0.2, 0.25) is 0 Å². The lowest BCUT2D eigenvalue weighted by atomic mass is 10.2. The summed E-state index contributed by atoms with van der Waals surface area (Å²) in [6.07, 6.45) is 1.25. The number of thiophene rings is 1. The molecule has 1 unspecified atom stereocenters. The maximum atomic E-state index is 11.6. The van der Waals surface area contributed by atoms with Gasteiger partial charge in [0.25, 0.3) is 5.91 Å². The Morgan fingerprint density at radius 1 is 1.67 bits per heavy atom. The quantitative estimate of drug-likeness (QED) is 0.755. The molecule has 0 aliphatic heterocycles. The highest BCUT2D eigenvalue weighted by Gasteiger charge is 2.09.